The Morgan fingerprint density at radius 3 is 1.30 bits per heavy atom. The summed E-state index contributed by atoms with van der Waals surface area (Å²) in [7, 11) is 0. The van der Waals surface area contributed by atoms with Crippen LogP contribution in [0.4, 0.5) is 0 Å². The standard InChI is InChI=1S/2C20H21NO/c2*22-20(16-8-2-1-3-9-16)21-14-6-11-18-17-10-5-4-7-15(17)12-13-19(18)21/h2*1-5,7-10,18-19H,6,11-14H2/t2*18?,19-/m10/s1. The first kappa shape index (κ1) is 28.6. The number of nitrogens with zero attached hydrogens (tertiary/aromatic N) is 2. The van der Waals surface area contributed by atoms with Crippen LogP contribution in [0.5, 0.6) is 0 Å². The molecule has 8 rings (SSSR count). The summed E-state index contributed by atoms with van der Waals surface area (Å²) in [6.07, 6.45) is 9.01. The van der Waals surface area contributed by atoms with E-state index >= 15 is 0 Å². The van der Waals surface area contributed by atoms with Crippen molar-refractivity contribution in [2.45, 2.75) is 75.3 Å². The first-order valence-electron chi connectivity index (χ1n) is 16.6. The van der Waals surface area contributed by atoms with Gasteiger partial charge in [0.25, 0.3) is 11.8 Å². The average molecular weight is 583 g/mol. The molecule has 4 aliphatic rings. The minimum absolute atomic E-state index is 0.203. The van der Waals surface area contributed by atoms with Crippen LogP contribution < -0.4 is 0 Å². The summed E-state index contributed by atoms with van der Waals surface area (Å²) < 4.78 is 0. The van der Waals surface area contributed by atoms with Crippen LogP contribution in [0.15, 0.2) is 109 Å². The van der Waals surface area contributed by atoms with Gasteiger partial charge >= 0.3 is 0 Å². The minimum atomic E-state index is 0.203. The lowest BCUT2D eigenvalue weighted by atomic mass is 9.74. The van der Waals surface area contributed by atoms with E-state index in [1.807, 2.05) is 60.7 Å². The van der Waals surface area contributed by atoms with Gasteiger partial charge in [-0.05, 0) is 97.9 Å². The van der Waals surface area contributed by atoms with Crippen molar-refractivity contribution < 1.29 is 9.59 Å². The Hall–Kier alpha value is -4.18. The first-order valence-corrected chi connectivity index (χ1v) is 16.6. The summed E-state index contributed by atoms with van der Waals surface area (Å²) in [6.45, 7) is 1.80. The van der Waals surface area contributed by atoms with Gasteiger partial charge in [-0.15, -0.1) is 0 Å². The van der Waals surface area contributed by atoms with Gasteiger partial charge in [0, 0.05) is 48.1 Å². The number of hydrogen-bond acceptors (Lipinski definition) is 2. The lowest BCUT2D eigenvalue weighted by Gasteiger charge is -2.45. The second-order valence-corrected chi connectivity index (χ2v) is 12.8. The molecule has 2 unspecified atom stereocenters. The van der Waals surface area contributed by atoms with E-state index < -0.39 is 0 Å². The Balaban J connectivity index is 0.000000142. The van der Waals surface area contributed by atoms with Crippen molar-refractivity contribution >= 4 is 11.8 Å². The second kappa shape index (κ2) is 12.8. The number of aryl methyl sites for hydroxylation is 2. The highest BCUT2D eigenvalue weighted by atomic mass is 16.2. The maximum absolute atomic E-state index is 12.9. The normalized spacial score (nSPS) is 23.5. The fourth-order valence-corrected chi connectivity index (χ4v) is 8.40. The number of carbonyl (C=O) groups excluding carboxylic acids is 2. The minimum Gasteiger partial charge on any atom is -0.335 e. The van der Waals surface area contributed by atoms with Crippen LogP contribution in [0.25, 0.3) is 0 Å². The monoisotopic (exact) mass is 582 g/mol. The zero-order valence-corrected chi connectivity index (χ0v) is 25.5. The van der Waals surface area contributed by atoms with Crippen molar-refractivity contribution in [3.05, 3.63) is 143 Å². The number of hydrogen-bond donors (Lipinski definition) is 0. The van der Waals surface area contributed by atoms with Gasteiger partial charge in [0.2, 0.25) is 0 Å². The molecule has 0 radical (unpaired) electrons. The Labute approximate surface area is 261 Å². The zero-order chi connectivity index (χ0) is 29.9. The van der Waals surface area contributed by atoms with Gasteiger partial charge in [0.05, 0.1) is 0 Å². The van der Waals surface area contributed by atoms with E-state index in [-0.39, 0.29) is 11.8 Å². The highest BCUT2D eigenvalue weighted by Gasteiger charge is 2.39. The molecule has 4 aromatic carbocycles. The second-order valence-electron chi connectivity index (χ2n) is 12.8. The number of rotatable bonds is 2. The molecule has 4 aromatic rings. The summed E-state index contributed by atoms with van der Waals surface area (Å²) in [5.74, 6) is 1.45. The smallest absolute Gasteiger partial charge is 0.254 e. The van der Waals surface area contributed by atoms with Gasteiger partial charge in [-0.3, -0.25) is 9.59 Å². The molecule has 0 spiro atoms. The molecule has 0 saturated carbocycles. The number of benzene rings is 4. The van der Waals surface area contributed by atoms with E-state index in [1.165, 1.54) is 35.1 Å². The summed E-state index contributed by atoms with van der Waals surface area (Å²) in [5.41, 5.74) is 7.56. The summed E-state index contributed by atoms with van der Waals surface area (Å²) in [4.78, 5) is 30.1. The van der Waals surface area contributed by atoms with E-state index in [1.54, 1.807) is 0 Å². The molecular formula is C40H42N2O2. The van der Waals surface area contributed by atoms with E-state index in [2.05, 4.69) is 58.3 Å². The number of fused-ring (bicyclic) bond motifs is 6. The highest BCUT2D eigenvalue weighted by molar-refractivity contribution is 5.95. The Bertz CT molecular complexity index is 1480. The fourth-order valence-electron chi connectivity index (χ4n) is 8.40. The van der Waals surface area contributed by atoms with Crippen LogP contribution in [0.1, 0.15) is 93.3 Å². The molecule has 224 valence electrons. The Morgan fingerprint density at radius 1 is 0.477 bits per heavy atom. The molecule has 44 heavy (non-hydrogen) atoms. The molecule has 2 aliphatic heterocycles. The van der Waals surface area contributed by atoms with Crippen LogP contribution >= 0.6 is 0 Å². The molecule has 0 aromatic heterocycles. The number of amides is 2. The largest absolute Gasteiger partial charge is 0.335 e. The van der Waals surface area contributed by atoms with Gasteiger partial charge in [-0.1, -0.05) is 84.9 Å². The first-order chi connectivity index (χ1) is 21.7. The van der Waals surface area contributed by atoms with E-state index in [9.17, 15) is 9.59 Å². The van der Waals surface area contributed by atoms with Gasteiger partial charge in [0.15, 0.2) is 0 Å². The van der Waals surface area contributed by atoms with E-state index in [0.29, 0.717) is 23.9 Å². The van der Waals surface area contributed by atoms with Crippen LogP contribution in [0.2, 0.25) is 0 Å². The highest BCUT2D eigenvalue weighted by Crippen LogP contribution is 2.42. The Morgan fingerprint density at radius 2 is 0.864 bits per heavy atom. The van der Waals surface area contributed by atoms with Crippen LogP contribution in [-0.4, -0.2) is 46.8 Å². The lowest BCUT2D eigenvalue weighted by molar-refractivity contribution is 0.0540. The predicted octanol–water partition coefficient (Wildman–Crippen LogP) is 8.04. The van der Waals surface area contributed by atoms with Crippen molar-refractivity contribution in [2.75, 3.05) is 13.1 Å². The van der Waals surface area contributed by atoms with Crippen LogP contribution in [-0.2, 0) is 12.8 Å². The molecule has 2 aliphatic carbocycles. The molecule has 2 amide bonds. The maximum Gasteiger partial charge on any atom is 0.254 e. The third-order valence-corrected chi connectivity index (χ3v) is 10.4. The van der Waals surface area contributed by atoms with Gasteiger partial charge in [-0.2, -0.15) is 0 Å². The summed E-state index contributed by atoms with van der Waals surface area (Å²) in [6, 6.07) is 37.8. The van der Waals surface area contributed by atoms with Crippen molar-refractivity contribution in [2.24, 2.45) is 0 Å². The molecule has 4 atom stereocenters. The van der Waals surface area contributed by atoms with Crippen molar-refractivity contribution in [3.8, 4) is 0 Å². The SMILES string of the molecule is O=C(c1ccccc1)N1CCCC2c3ccccc3CC[C@@H]21.O=C(c1ccccc1)N1CCCC2c3ccccc3CC[C@H]21. The summed E-state index contributed by atoms with van der Waals surface area (Å²) in [5, 5.41) is 0. The number of carbonyl (C=O) groups is 2. The number of piperidine rings is 2. The van der Waals surface area contributed by atoms with Crippen molar-refractivity contribution in [3.63, 3.8) is 0 Å². The van der Waals surface area contributed by atoms with E-state index in [4.69, 9.17) is 0 Å². The lowest BCUT2D eigenvalue weighted by Crippen LogP contribution is -2.49. The third-order valence-electron chi connectivity index (χ3n) is 10.4. The molecule has 2 fully saturated rings. The van der Waals surface area contributed by atoms with Crippen LogP contribution in [0.3, 0.4) is 0 Å². The summed E-state index contributed by atoms with van der Waals surface area (Å²) >= 11 is 0. The molecular weight excluding hydrogens is 540 g/mol. The molecule has 0 N–H and O–H groups in total. The van der Waals surface area contributed by atoms with Gasteiger partial charge in [0.1, 0.15) is 0 Å². The molecule has 2 saturated heterocycles. The number of likely N-dealkylation sites (tertiary alicyclic amines) is 2. The quantitative estimate of drug-likeness (QED) is 0.240. The van der Waals surface area contributed by atoms with E-state index in [0.717, 1.165) is 62.7 Å². The van der Waals surface area contributed by atoms with Gasteiger partial charge in [-0.25, -0.2) is 0 Å². The average Bonchev–Trinajstić information content (AvgIpc) is 3.11. The maximum atomic E-state index is 12.9. The predicted molar refractivity (Wildman–Crippen MR) is 176 cm³/mol. The fraction of sp³-hybridized carbons (Fsp3) is 0.350. The Kier molecular flexibility index (Phi) is 8.33. The third kappa shape index (κ3) is 5.58. The van der Waals surface area contributed by atoms with Gasteiger partial charge < -0.3 is 9.80 Å². The molecule has 4 nitrogen and oxygen atoms in total. The molecule has 2 heterocycles. The molecule has 0 bridgehead atoms. The topological polar surface area (TPSA) is 40.6 Å². The molecule has 4 heteroatoms. The zero-order valence-electron chi connectivity index (χ0n) is 25.5. The van der Waals surface area contributed by atoms with Crippen molar-refractivity contribution in [1.82, 2.24) is 9.80 Å². The van der Waals surface area contributed by atoms with Crippen molar-refractivity contribution in [1.29, 1.82) is 0 Å². The van der Waals surface area contributed by atoms with Crippen LogP contribution in [0, 0.1) is 0 Å².